The second-order valence-electron chi connectivity index (χ2n) is 7.92. The number of nitrogens with zero attached hydrogens (tertiary/aromatic N) is 4. The van der Waals surface area contributed by atoms with Crippen molar-refractivity contribution in [3.8, 4) is 0 Å². The van der Waals surface area contributed by atoms with Crippen LogP contribution >= 0.6 is 11.3 Å². The van der Waals surface area contributed by atoms with E-state index in [-0.39, 0.29) is 5.56 Å². The van der Waals surface area contributed by atoms with Crippen molar-refractivity contribution in [1.82, 2.24) is 23.5 Å². The van der Waals surface area contributed by atoms with Gasteiger partial charge in [-0.25, -0.2) is 4.98 Å². The van der Waals surface area contributed by atoms with Crippen molar-refractivity contribution in [2.45, 2.75) is 45.3 Å². The Balaban J connectivity index is 1.58. The highest BCUT2D eigenvalue weighted by Crippen LogP contribution is 2.33. The second-order valence-corrected chi connectivity index (χ2v) is 11.0. The van der Waals surface area contributed by atoms with Crippen LogP contribution in [0.1, 0.15) is 46.4 Å². The lowest BCUT2D eigenvalue weighted by Crippen LogP contribution is -2.41. The summed E-state index contributed by atoms with van der Waals surface area (Å²) in [5, 5.41) is 2.10. The van der Waals surface area contributed by atoms with E-state index in [9.17, 15) is 13.2 Å². The van der Waals surface area contributed by atoms with Crippen LogP contribution in [0.2, 0.25) is 0 Å². The van der Waals surface area contributed by atoms with Gasteiger partial charge in [0.2, 0.25) is 0 Å². The zero-order chi connectivity index (χ0) is 20.8. The highest BCUT2D eigenvalue weighted by Gasteiger charge is 2.38. The molecule has 4 heterocycles. The minimum absolute atomic E-state index is 0.147. The summed E-state index contributed by atoms with van der Waals surface area (Å²) in [4.78, 5) is 24.1. The van der Waals surface area contributed by atoms with Crippen LogP contribution in [0.5, 0.6) is 0 Å². The molecule has 29 heavy (non-hydrogen) atoms. The van der Waals surface area contributed by atoms with Crippen LogP contribution in [-0.4, -0.2) is 59.1 Å². The number of H-pyrrole nitrogens is 1. The molecule has 1 atom stereocenters. The number of aromatic amines is 1. The predicted molar refractivity (Wildman–Crippen MR) is 113 cm³/mol. The molecule has 8 nitrogen and oxygen atoms in total. The fraction of sp³-hybridized carbons (Fsp3) is 0.579. The van der Waals surface area contributed by atoms with Crippen molar-refractivity contribution in [2.75, 3.05) is 27.2 Å². The first-order chi connectivity index (χ1) is 13.8. The van der Waals surface area contributed by atoms with Crippen LogP contribution in [0.25, 0.3) is 0 Å². The Kier molecular flexibility index (Phi) is 5.64. The maximum absolute atomic E-state index is 12.8. The van der Waals surface area contributed by atoms with Crippen molar-refractivity contribution in [3.05, 3.63) is 49.3 Å². The summed E-state index contributed by atoms with van der Waals surface area (Å²) < 4.78 is 27.9. The number of hydrogen-bond acceptors (Lipinski definition) is 6. The molecule has 0 unspecified atom stereocenters. The van der Waals surface area contributed by atoms with E-state index in [0.717, 1.165) is 25.2 Å². The number of thiophene rings is 1. The summed E-state index contributed by atoms with van der Waals surface area (Å²) in [5.41, 5.74) is 2.64. The van der Waals surface area contributed by atoms with Gasteiger partial charge in [0.25, 0.3) is 15.8 Å². The minimum Gasteiger partial charge on any atom is -0.309 e. The maximum atomic E-state index is 12.8. The summed E-state index contributed by atoms with van der Waals surface area (Å²) in [5.74, 6) is 0.472. The molecule has 1 saturated heterocycles. The van der Waals surface area contributed by atoms with Gasteiger partial charge in [0, 0.05) is 51.6 Å². The molecule has 0 aliphatic carbocycles. The fourth-order valence-corrected chi connectivity index (χ4v) is 6.32. The Bertz CT molecular complexity index is 1060. The number of nitrogens with one attached hydrogen (secondary N) is 1. The van der Waals surface area contributed by atoms with Crippen molar-refractivity contribution >= 4 is 21.5 Å². The average molecular weight is 438 g/mol. The molecule has 2 aliphatic rings. The quantitative estimate of drug-likeness (QED) is 0.768. The van der Waals surface area contributed by atoms with Gasteiger partial charge in [-0.3, -0.25) is 9.69 Å². The Morgan fingerprint density at radius 1 is 1.34 bits per heavy atom. The van der Waals surface area contributed by atoms with Gasteiger partial charge in [0.05, 0.1) is 17.3 Å². The van der Waals surface area contributed by atoms with E-state index in [4.69, 9.17) is 4.98 Å². The van der Waals surface area contributed by atoms with Gasteiger partial charge in [-0.2, -0.15) is 17.0 Å². The molecule has 2 aromatic rings. The van der Waals surface area contributed by atoms with Gasteiger partial charge in [0.15, 0.2) is 0 Å². The zero-order valence-electron chi connectivity index (χ0n) is 17.0. The molecule has 10 heteroatoms. The molecule has 2 aromatic heterocycles. The molecule has 158 valence electrons. The number of rotatable bonds is 5. The molecule has 1 N–H and O–H groups in total. The summed E-state index contributed by atoms with van der Waals surface area (Å²) in [6, 6.07) is 1.71. The predicted octanol–water partition coefficient (Wildman–Crippen LogP) is 1.64. The Labute approximate surface area is 175 Å². The standard InChI is InChI=1S/C19H27N5O3S2/c1-13-7-10-28-17(13)12-23-9-6-15-14(11-23)19(25)21-18(20-15)16-5-4-8-24(16)29(26,27)22(2)3/h7,10,16H,4-6,8-9,11-12H2,1-3H3,(H,20,21,25)/t16-/m0/s1. The van der Waals surface area contributed by atoms with Crippen LogP contribution in [0.15, 0.2) is 16.2 Å². The van der Waals surface area contributed by atoms with E-state index in [1.807, 2.05) is 0 Å². The van der Waals surface area contributed by atoms with Crippen LogP contribution in [-0.2, 0) is 29.7 Å². The Hall–Kier alpha value is -1.59. The van der Waals surface area contributed by atoms with E-state index in [1.165, 1.54) is 33.1 Å². The third kappa shape index (κ3) is 3.91. The third-order valence-corrected chi connectivity index (χ3v) is 8.74. The first kappa shape index (κ1) is 20.7. The van der Waals surface area contributed by atoms with Crippen molar-refractivity contribution < 1.29 is 8.42 Å². The molecule has 0 aromatic carbocycles. The normalized spacial score (nSPS) is 21.0. The van der Waals surface area contributed by atoms with Crippen LogP contribution in [0, 0.1) is 6.92 Å². The largest absolute Gasteiger partial charge is 0.309 e. The van der Waals surface area contributed by atoms with Gasteiger partial charge in [-0.05, 0) is 36.8 Å². The molecule has 0 amide bonds. The van der Waals surface area contributed by atoms with Gasteiger partial charge < -0.3 is 4.98 Å². The molecule has 0 radical (unpaired) electrons. The molecule has 4 rings (SSSR count). The molecular formula is C19H27N5O3S2. The number of aromatic nitrogens is 2. The van der Waals surface area contributed by atoms with Crippen LogP contribution < -0.4 is 5.56 Å². The molecule has 2 aliphatic heterocycles. The van der Waals surface area contributed by atoms with Crippen LogP contribution in [0.4, 0.5) is 0 Å². The summed E-state index contributed by atoms with van der Waals surface area (Å²) in [7, 11) is -0.502. The average Bonchev–Trinajstić information content (AvgIpc) is 3.32. The fourth-order valence-electron chi connectivity index (χ4n) is 4.06. The Morgan fingerprint density at radius 3 is 2.83 bits per heavy atom. The monoisotopic (exact) mass is 437 g/mol. The summed E-state index contributed by atoms with van der Waals surface area (Å²) in [6.07, 6.45) is 2.12. The summed E-state index contributed by atoms with van der Waals surface area (Å²) >= 11 is 1.74. The number of hydrogen-bond donors (Lipinski definition) is 1. The topological polar surface area (TPSA) is 89.6 Å². The smallest absolute Gasteiger partial charge is 0.282 e. The zero-order valence-corrected chi connectivity index (χ0v) is 18.6. The lowest BCUT2D eigenvalue weighted by atomic mass is 10.1. The van der Waals surface area contributed by atoms with E-state index in [0.29, 0.717) is 37.3 Å². The highest BCUT2D eigenvalue weighted by molar-refractivity contribution is 7.86. The molecule has 0 saturated carbocycles. The Morgan fingerprint density at radius 2 is 2.14 bits per heavy atom. The van der Waals surface area contributed by atoms with Gasteiger partial charge in [-0.1, -0.05) is 0 Å². The van der Waals surface area contributed by atoms with Crippen molar-refractivity contribution in [2.24, 2.45) is 0 Å². The molecule has 1 fully saturated rings. The van der Waals surface area contributed by atoms with E-state index in [2.05, 4.69) is 28.3 Å². The number of aryl methyl sites for hydroxylation is 1. The van der Waals surface area contributed by atoms with E-state index >= 15 is 0 Å². The van der Waals surface area contributed by atoms with Gasteiger partial charge in [0.1, 0.15) is 5.82 Å². The second kappa shape index (κ2) is 7.92. The van der Waals surface area contributed by atoms with Crippen molar-refractivity contribution in [3.63, 3.8) is 0 Å². The molecular weight excluding hydrogens is 410 g/mol. The lowest BCUT2D eigenvalue weighted by molar-refractivity contribution is 0.242. The van der Waals surface area contributed by atoms with Gasteiger partial charge in [-0.15, -0.1) is 11.3 Å². The van der Waals surface area contributed by atoms with Crippen molar-refractivity contribution in [1.29, 1.82) is 0 Å². The van der Waals surface area contributed by atoms with E-state index in [1.54, 1.807) is 11.3 Å². The first-order valence-electron chi connectivity index (χ1n) is 9.84. The lowest BCUT2D eigenvalue weighted by Gasteiger charge is -2.29. The highest BCUT2D eigenvalue weighted by atomic mass is 32.2. The van der Waals surface area contributed by atoms with Crippen LogP contribution in [0.3, 0.4) is 0 Å². The SMILES string of the molecule is Cc1ccsc1CN1CCc2nc([C@@H]3CCCN3S(=O)(=O)N(C)C)[nH]c(=O)c2C1. The number of fused-ring (bicyclic) bond motifs is 1. The van der Waals surface area contributed by atoms with Gasteiger partial charge >= 0.3 is 0 Å². The maximum Gasteiger partial charge on any atom is 0.282 e. The molecule has 0 bridgehead atoms. The van der Waals surface area contributed by atoms with E-state index < -0.39 is 16.3 Å². The third-order valence-electron chi connectivity index (χ3n) is 5.78. The minimum atomic E-state index is -3.55. The summed E-state index contributed by atoms with van der Waals surface area (Å²) in [6.45, 7) is 4.80. The molecule has 0 spiro atoms. The first-order valence-corrected chi connectivity index (χ1v) is 12.1.